The molecule has 0 unspecified atom stereocenters. The van der Waals surface area contributed by atoms with Crippen LogP contribution in [0.25, 0.3) is 0 Å². The number of hydrogen-bond acceptors (Lipinski definition) is 4. The highest BCUT2D eigenvalue weighted by Crippen LogP contribution is 1.96. The fourth-order valence-electron chi connectivity index (χ4n) is 0.536. The van der Waals surface area contributed by atoms with Gasteiger partial charge in [-0.3, -0.25) is 0 Å². The maximum absolute atomic E-state index is 12.1. The summed E-state index contributed by atoms with van der Waals surface area (Å²) in [6, 6.07) is 0. The van der Waals surface area contributed by atoms with Crippen LogP contribution in [0.1, 0.15) is 10.4 Å². The molecule has 4 nitrogen and oxygen atoms in total. The molecule has 0 aliphatic rings. The van der Waals surface area contributed by atoms with Crippen molar-refractivity contribution in [3.63, 3.8) is 0 Å². The molecule has 0 aliphatic heterocycles. The second-order valence-corrected chi connectivity index (χ2v) is 1.73. The zero-order valence-electron chi connectivity index (χ0n) is 5.74. The van der Waals surface area contributed by atoms with E-state index in [-0.39, 0.29) is 5.56 Å². The van der Waals surface area contributed by atoms with Crippen LogP contribution >= 0.6 is 0 Å². The summed E-state index contributed by atoms with van der Waals surface area (Å²) in [4.78, 5) is 17.0. The molecule has 0 spiro atoms. The van der Waals surface area contributed by atoms with Gasteiger partial charge in [-0.15, -0.1) is 0 Å². The molecule has 0 N–H and O–H groups in total. The summed E-state index contributed by atoms with van der Waals surface area (Å²) >= 11 is 0. The first-order chi connectivity index (χ1) is 5.24. The summed E-state index contributed by atoms with van der Waals surface area (Å²) < 4.78 is 16.4. The van der Waals surface area contributed by atoms with Gasteiger partial charge in [0.25, 0.3) is 0 Å². The molecule has 1 aromatic heterocycles. The molecular formula is C6H5FN2O2. The van der Waals surface area contributed by atoms with E-state index in [4.69, 9.17) is 0 Å². The normalized spacial score (nSPS) is 9.27. The van der Waals surface area contributed by atoms with Crippen molar-refractivity contribution in [2.24, 2.45) is 0 Å². The van der Waals surface area contributed by atoms with Crippen molar-refractivity contribution in [1.29, 1.82) is 0 Å². The summed E-state index contributed by atoms with van der Waals surface area (Å²) in [6.45, 7) is 0. The summed E-state index contributed by atoms with van der Waals surface area (Å²) in [5.41, 5.74) is 0.133. The highest BCUT2D eigenvalue weighted by Gasteiger charge is 2.05. The molecule has 0 saturated carbocycles. The average molecular weight is 156 g/mol. The molecule has 0 amide bonds. The van der Waals surface area contributed by atoms with Gasteiger partial charge in [-0.2, -0.15) is 4.39 Å². The zero-order valence-corrected chi connectivity index (χ0v) is 5.74. The van der Waals surface area contributed by atoms with Crippen LogP contribution in [-0.4, -0.2) is 23.0 Å². The largest absolute Gasteiger partial charge is 0.465 e. The maximum atomic E-state index is 12.1. The second-order valence-electron chi connectivity index (χ2n) is 1.73. The van der Waals surface area contributed by atoms with Gasteiger partial charge in [0.05, 0.1) is 12.7 Å². The van der Waals surface area contributed by atoms with Gasteiger partial charge in [-0.05, 0) is 0 Å². The molecule has 0 aromatic carbocycles. The lowest BCUT2D eigenvalue weighted by Crippen LogP contribution is -2.03. The monoisotopic (exact) mass is 156 g/mol. The smallest absolute Gasteiger partial charge is 0.341 e. The number of esters is 1. The third kappa shape index (κ3) is 1.70. The minimum absolute atomic E-state index is 0.133. The summed E-state index contributed by atoms with van der Waals surface area (Å²) in [6.07, 6.45) is 1.26. The second kappa shape index (κ2) is 3.05. The van der Waals surface area contributed by atoms with Crippen molar-refractivity contribution in [2.75, 3.05) is 7.11 Å². The number of ether oxygens (including phenoxy) is 1. The third-order valence-electron chi connectivity index (χ3n) is 1.04. The summed E-state index contributed by atoms with van der Waals surface area (Å²) in [5, 5.41) is 0. The first kappa shape index (κ1) is 7.59. The number of methoxy groups -OCH3 is 1. The molecule has 0 fully saturated rings. The van der Waals surface area contributed by atoms with Gasteiger partial charge in [0.15, 0.2) is 0 Å². The Kier molecular flexibility index (Phi) is 2.10. The number of halogens is 1. The molecule has 11 heavy (non-hydrogen) atoms. The van der Waals surface area contributed by atoms with E-state index in [1.807, 2.05) is 0 Å². The van der Waals surface area contributed by atoms with E-state index >= 15 is 0 Å². The Morgan fingerprint density at radius 3 is 2.55 bits per heavy atom. The highest BCUT2D eigenvalue weighted by atomic mass is 19.1. The van der Waals surface area contributed by atoms with Crippen molar-refractivity contribution >= 4 is 5.97 Å². The molecule has 0 bridgehead atoms. The van der Waals surface area contributed by atoms with E-state index < -0.39 is 12.0 Å². The first-order valence-corrected chi connectivity index (χ1v) is 2.80. The summed E-state index contributed by atoms with van der Waals surface area (Å²) in [7, 11) is 1.23. The van der Waals surface area contributed by atoms with E-state index in [2.05, 4.69) is 14.7 Å². The van der Waals surface area contributed by atoms with Gasteiger partial charge in [0.2, 0.25) is 0 Å². The quantitative estimate of drug-likeness (QED) is 0.436. The topological polar surface area (TPSA) is 52.1 Å². The van der Waals surface area contributed by atoms with Gasteiger partial charge >= 0.3 is 12.0 Å². The van der Waals surface area contributed by atoms with Gasteiger partial charge in [0, 0.05) is 12.4 Å². The maximum Gasteiger partial charge on any atom is 0.341 e. The molecular weight excluding hydrogens is 151 g/mol. The van der Waals surface area contributed by atoms with Gasteiger partial charge in [0.1, 0.15) is 0 Å². The van der Waals surface area contributed by atoms with E-state index in [1.54, 1.807) is 0 Å². The predicted molar refractivity (Wildman–Crippen MR) is 33.3 cm³/mol. The number of nitrogens with zero attached hydrogens (tertiary/aromatic N) is 2. The van der Waals surface area contributed by atoms with Crippen molar-refractivity contribution in [2.45, 2.75) is 0 Å². The van der Waals surface area contributed by atoms with Crippen LogP contribution in [0.15, 0.2) is 12.4 Å². The summed E-state index contributed by atoms with van der Waals surface area (Å²) in [5.74, 6) is -0.579. The molecule has 1 aromatic rings. The van der Waals surface area contributed by atoms with Crippen molar-refractivity contribution in [3.05, 3.63) is 24.0 Å². The van der Waals surface area contributed by atoms with Crippen LogP contribution in [0.4, 0.5) is 4.39 Å². The predicted octanol–water partition coefficient (Wildman–Crippen LogP) is 0.402. The highest BCUT2D eigenvalue weighted by molar-refractivity contribution is 5.88. The minimum atomic E-state index is -0.863. The van der Waals surface area contributed by atoms with Crippen LogP contribution in [0.2, 0.25) is 0 Å². The van der Waals surface area contributed by atoms with Crippen LogP contribution < -0.4 is 0 Å². The fourth-order valence-corrected chi connectivity index (χ4v) is 0.536. The number of aromatic nitrogens is 2. The van der Waals surface area contributed by atoms with Gasteiger partial charge < -0.3 is 4.74 Å². The Labute approximate surface area is 62.0 Å². The lowest BCUT2D eigenvalue weighted by molar-refractivity contribution is 0.0599. The van der Waals surface area contributed by atoms with Crippen molar-refractivity contribution in [3.8, 4) is 0 Å². The molecule has 0 saturated heterocycles. The molecule has 58 valence electrons. The molecule has 5 heteroatoms. The molecule has 0 atom stereocenters. The average Bonchev–Trinajstić information content (AvgIpc) is 2.05. The zero-order chi connectivity index (χ0) is 8.27. The van der Waals surface area contributed by atoms with E-state index in [0.29, 0.717) is 0 Å². The van der Waals surface area contributed by atoms with Gasteiger partial charge in [-0.1, -0.05) is 0 Å². The molecule has 1 heterocycles. The van der Waals surface area contributed by atoms with Gasteiger partial charge in [-0.25, -0.2) is 14.8 Å². The van der Waals surface area contributed by atoms with Crippen LogP contribution in [0.3, 0.4) is 0 Å². The van der Waals surface area contributed by atoms with Crippen molar-refractivity contribution < 1.29 is 13.9 Å². The number of carbonyl (C=O) groups is 1. The molecule has 0 aliphatic carbocycles. The lowest BCUT2D eigenvalue weighted by Gasteiger charge is -1.95. The first-order valence-electron chi connectivity index (χ1n) is 2.80. The fraction of sp³-hybridized carbons (Fsp3) is 0.167. The Hall–Kier alpha value is -1.52. The number of carbonyl (C=O) groups excluding carboxylic acids is 1. The lowest BCUT2D eigenvalue weighted by atomic mass is 10.3. The number of rotatable bonds is 1. The van der Waals surface area contributed by atoms with Crippen LogP contribution in [0, 0.1) is 6.08 Å². The van der Waals surface area contributed by atoms with E-state index in [1.165, 1.54) is 7.11 Å². The SMILES string of the molecule is COC(=O)c1cnc(F)nc1. The third-order valence-corrected chi connectivity index (χ3v) is 1.04. The Balaban J connectivity index is 2.90. The Morgan fingerprint density at radius 2 is 2.09 bits per heavy atom. The van der Waals surface area contributed by atoms with Crippen LogP contribution in [0.5, 0.6) is 0 Å². The van der Waals surface area contributed by atoms with E-state index in [9.17, 15) is 9.18 Å². The Morgan fingerprint density at radius 1 is 1.55 bits per heavy atom. The van der Waals surface area contributed by atoms with E-state index in [0.717, 1.165) is 12.4 Å². The minimum Gasteiger partial charge on any atom is -0.465 e. The Bertz CT molecular complexity index is 260. The molecule has 0 radical (unpaired) electrons. The van der Waals surface area contributed by atoms with Crippen molar-refractivity contribution in [1.82, 2.24) is 9.97 Å². The van der Waals surface area contributed by atoms with Crippen LogP contribution in [-0.2, 0) is 4.74 Å². The number of hydrogen-bond donors (Lipinski definition) is 0. The molecule has 1 rings (SSSR count). The standard InChI is InChI=1S/C6H5FN2O2/c1-11-5(10)4-2-8-6(7)9-3-4/h2-3H,1H3.